The predicted octanol–water partition coefficient (Wildman–Crippen LogP) is 0.920. The monoisotopic (exact) mass is 237 g/mol. The Labute approximate surface area is 101 Å². The van der Waals surface area contributed by atoms with E-state index in [9.17, 15) is 0 Å². The lowest BCUT2D eigenvalue weighted by molar-refractivity contribution is 0.317. The highest BCUT2D eigenvalue weighted by atomic mass is 16.4. The van der Waals surface area contributed by atoms with Gasteiger partial charge in [0.25, 0.3) is 0 Å². The van der Waals surface area contributed by atoms with E-state index in [1.54, 1.807) is 0 Å². The van der Waals surface area contributed by atoms with Crippen LogP contribution in [0.25, 0.3) is 0 Å². The van der Waals surface area contributed by atoms with Crippen LogP contribution in [-0.4, -0.2) is 34.6 Å². The summed E-state index contributed by atoms with van der Waals surface area (Å²) in [6.45, 7) is 4.58. The summed E-state index contributed by atoms with van der Waals surface area (Å²) in [5.41, 5.74) is 6.44. The Bertz CT molecular complexity index is 405. The van der Waals surface area contributed by atoms with Crippen LogP contribution in [0.3, 0.4) is 0 Å². The van der Waals surface area contributed by atoms with Crippen molar-refractivity contribution in [3.8, 4) is 0 Å². The summed E-state index contributed by atoms with van der Waals surface area (Å²) >= 11 is 0. The SMILES string of the molecule is CCc1cc(N(C)CCC(N)=NO)nc(C)n1. The van der Waals surface area contributed by atoms with E-state index in [2.05, 4.69) is 22.0 Å². The Hall–Kier alpha value is -1.85. The number of hydrogen-bond acceptors (Lipinski definition) is 5. The maximum atomic E-state index is 8.46. The van der Waals surface area contributed by atoms with Crippen molar-refractivity contribution in [1.29, 1.82) is 0 Å². The number of aromatic nitrogens is 2. The standard InChI is InChI=1S/C11H19N5O/c1-4-9-7-11(14-8(2)13-9)16(3)6-5-10(12)15-17/h7,17H,4-6H2,1-3H3,(H2,12,15). The molecule has 0 amide bonds. The highest BCUT2D eigenvalue weighted by Gasteiger charge is 2.06. The fourth-order valence-electron chi connectivity index (χ4n) is 1.44. The average molecular weight is 237 g/mol. The fourth-order valence-corrected chi connectivity index (χ4v) is 1.44. The van der Waals surface area contributed by atoms with Crippen molar-refractivity contribution in [1.82, 2.24) is 9.97 Å². The summed E-state index contributed by atoms with van der Waals surface area (Å²) in [5, 5.41) is 11.4. The lowest BCUT2D eigenvalue weighted by atomic mass is 10.3. The molecule has 0 radical (unpaired) electrons. The summed E-state index contributed by atoms with van der Waals surface area (Å²) in [6, 6.07) is 1.96. The second kappa shape index (κ2) is 6.03. The molecule has 0 aliphatic heterocycles. The first-order chi connectivity index (χ1) is 8.06. The average Bonchev–Trinajstić information content (AvgIpc) is 2.34. The molecule has 0 saturated carbocycles. The number of oxime groups is 1. The Balaban J connectivity index is 2.74. The Morgan fingerprint density at radius 2 is 2.24 bits per heavy atom. The van der Waals surface area contributed by atoms with Crippen molar-refractivity contribution in [2.75, 3.05) is 18.5 Å². The van der Waals surface area contributed by atoms with Crippen molar-refractivity contribution in [3.05, 3.63) is 17.6 Å². The van der Waals surface area contributed by atoms with Gasteiger partial charge in [0.05, 0.1) is 0 Å². The molecule has 17 heavy (non-hydrogen) atoms. The molecule has 1 aromatic heterocycles. The lowest BCUT2D eigenvalue weighted by Gasteiger charge is -2.18. The molecule has 1 aromatic rings. The van der Waals surface area contributed by atoms with E-state index in [1.807, 2.05) is 24.9 Å². The minimum absolute atomic E-state index is 0.221. The first-order valence-corrected chi connectivity index (χ1v) is 5.59. The van der Waals surface area contributed by atoms with Crippen molar-refractivity contribution in [3.63, 3.8) is 0 Å². The molecule has 0 aliphatic carbocycles. The molecular weight excluding hydrogens is 218 g/mol. The van der Waals surface area contributed by atoms with Gasteiger partial charge in [-0.05, 0) is 13.3 Å². The first kappa shape index (κ1) is 13.2. The van der Waals surface area contributed by atoms with Gasteiger partial charge in [-0.25, -0.2) is 9.97 Å². The highest BCUT2D eigenvalue weighted by molar-refractivity contribution is 5.80. The number of nitrogens with zero attached hydrogens (tertiary/aromatic N) is 4. The normalized spacial score (nSPS) is 11.6. The number of aryl methyl sites for hydroxylation is 2. The molecule has 0 aliphatic rings. The van der Waals surface area contributed by atoms with E-state index in [4.69, 9.17) is 10.9 Å². The Kier molecular flexibility index (Phi) is 4.68. The van der Waals surface area contributed by atoms with Gasteiger partial charge < -0.3 is 15.8 Å². The van der Waals surface area contributed by atoms with Crippen LogP contribution in [0, 0.1) is 6.92 Å². The number of amidine groups is 1. The summed E-state index contributed by atoms with van der Waals surface area (Å²) in [6.07, 6.45) is 1.38. The molecule has 1 heterocycles. The zero-order chi connectivity index (χ0) is 12.8. The Morgan fingerprint density at radius 1 is 1.53 bits per heavy atom. The largest absolute Gasteiger partial charge is 0.409 e. The van der Waals surface area contributed by atoms with Crippen LogP contribution in [0.5, 0.6) is 0 Å². The quantitative estimate of drug-likeness (QED) is 0.344. The van der Waals surface area contributed by atoms with E-state index in [0.29, 0.717) is 13.0 Å². The van der Waals surface area contributed by atoms with Crippen molar-refractivity contribution in [2.24, 2.45) is 10.9 Å². The smallest absolute Gasteiger partial charge is 0.140 e. The van der Waals surface area contributed by atoms with Crippen molar-refractivity contribution in [2.45, 2.75) is 26.7 Å². The second-order valence-corrected chi connectivity index (χ2v) is 3.88. The first-order valence-electron chi connectivity index (χ1n) is 5.59. The molecule has 94 valence electrons. The molecule has 0 aromatic carbocycles. The van der Waals surface area contributed by atoms with Crippen LogP contribution >= 0.6 is 0 Å². The van der Waals surface area contributed by atoms with Crippen molar-refractivity contribution < 1.29 is 5.21 Å². The number of hydrogen-bond donors (Lipinski definition) is 2. The lowest BCUT2D eigenvalue weighted by Crippen LogP contribution is -2.25. The molecule has 0 bridgehead atoms. The molecular formula is C11H19N5O. The second-order valence-electron chi connectivity index (χ2n) is 3.88. The van der Waals surface area contributed by atoms with Gasteiger partial charge >= 0.3 is 0 Å². The number of nitrogens with two attached hydrogens (primary N) is 1. The number of anilines is 1. The van der Waals surface area contributed by atoms with E-state index in [0.717, 1.165) is 23.8 Å². The molecule has 0 spiro atoms. The molecule has 6 nitrogen and oxygen atoms in total. The van der Waals surface area contributed by atoms with Gasteiger partial charge in [0.1, 0.15) is 17.5 Å². The molecule has 0 atom stereocenters. The van der Waals surface area contributed by atoms with Crippen LogP contribution < -0.4 is 10.6 Å². The predicted molar refractivity (Wildman–Crippen MR) is 67.4 cm³/mol. The van der Waals surface area contributed by atoms with Crippen LogP contribution in [0.15, 0.2) is 11.2 Å². The maximum absolute atomic E-state index is 8.46. The van der Waals surface area contributed by atoms with Gasteiger partial charge in [-0.1, -0.05) is 12.1 Å². The summed E-state index contributed by atoms with van der Waals surface area (Å²) in [4.78, 5) is 10.6. The molecule has 1 rings (SSSR count). The van der Waals surface area contributed by atoms with E-state index in [-0.39, 0.29) is 5.84 Å². The molecule has 3 N–H and O–H groups in total. The minimum atomic E-state index is 0.221. The van der Waals surface area contributed by atoms with Gasteiger partial charge in [0, 0.05) is 31.8 Å². The molecule has 0 unspecified atom stereocenters. The van der Waals surface area contributed by atoms with Gasteiger partial charge in [-0.15, -0.1) is 0 Å². The Morgan fingerprint density at radius 3 is 2.82 bits per heavy atom. The van der Waals surface area contributed by atoms with Crippen LogP contribution in [0.1, 0.15) is 24.9 Å². The fraction of sp³-hybridized carbons (Fsp3) is 0.545. The van der Waals surface area contributed by atoms with Crippen LogP contribution in [0.4, 0.5) is 5.82 Å². The third-order valence-electron chi connectivity index (χ3n) is 2.46. The third kappa shape index (κ3) is 3.90. The van der Waals surface area contributed by atoms with Gasteiger partial charge in [-0.3, -0.25) is 0 Å². The molecule has 6 heteroatoms. The third-order valence-corrected chi connectivity index (χ3v) is 2.46. The summed E-state index contributed by atoms with van der Waals surface area (Å²) in [7, 11) is 1.92. The van der Waals surface area contributed by atoms with Crippen LogP contribution in [-0.2, 0) is 6.42 Å². The van der Waals surface area contributed by atoms with Gasteiger partial charge in [0.2, 0.25) is 0 Å². The molecule has 0 fully saturated rings. The van der Waals surface area contributed by atoms with Gasteiger partial charge in [0.15, 0.2) is 0 Å². The minimum Gasteiger partial charge on any atom is -0.409 e. The van der Waals surface area contributed by atoms with E-state index < -0.39 is 0 Å². The summed E-state index contributed by atoms with van der Waals surface area (Å²) in [5.74, 6) is 1.84. The highest BCUT2D eigenvalue weighted by Crippen LogP contribution is 2.11. The molecule has 0 saturated heterocycles. The van der Waals surface area contributed by atoms with Gasteiger partial charge in [-0.2, -0.15) is 0 Å². The van der Waals surface area contributed by atoms with Crippen molar-refractivity contribution >= 4 is 11.7 Å². The topological polar surface area (TPSA) is 87.6 Å². The van der Waals surface area contributed by atoms with E-state index in [1.165, 1.54) is 0 Å². The van der Waals surface area contributed by atoms with Crippen LogP contribution in [0.2, 0.25) is 0 Å². The summed E-state index contributed by atoms with van der Waals surface area (Å²) < 4.78 is 0. The zero-order valence-electron chi connectivity index (χ0n) is 10.5. The van der Waals surface area contributed by atoms with E-state index >= 15 is 0 Å². The maximum Gasteiger partial charge on any atom is 0.140 e. The zero-order valence-corrected chi connectivity index (χ0v) is 10.5. The number of rotatable bonds is 5.